The van der Waals surface area contributed by atoms with Gasteiger partial charge in [0.2, 0.25) is 11.7 Å². The Bertz CT molecular complexity index is 882. The van der Waals surface area contributed by atoms with Crippen LogP contribution in [-0.4, -0.2) is 48.0 Å². The number of aromatic nitrogens is 2. The van der Waals surface area contributed by atoms with Gasteiger partial charge >= 0.3 is 0 Å². The van der Waals surface area contributed by atoms with E-state index in [2.05, 4.69) is 9.97 Å². The van der Waals surface area contributed by atoms with Gasteiger partial charge < -0.3 is 9.64 Å². The number of benzene rings is 1. The summed E-state index contributed by atoms with van der Waals surface area (Å²) in [4.78, 5) is 22.4. The minimum atomic E-state index is -3.26. The van der Waals surface area contributed by atoms with E-state index in [4.69, 9.17) is 4.74 Å². The van der Waals surface area contributed by atoms with Crippen molar-refractivity contribution in [1.82, 2.24) is 14.9 Å². The summed E-state index contributed by atoms with van der Waals surface area (Å²) in [5.74, 6) is 0.433. The highest BCUT2D eigenvalue weighted by atomic mass is 32.2. The maximum absolute atomic E-state index is 12.7. The van der Waals surface area contributed by atoms with Gasteiger partial charge in [-0.3, -0.25) is 4.79 Å². The number of carbonyl (C=O) groups is 1. The molecule has 0 unspecified atom stereocenters. The standard InChI is InChI=1S/C18H21N3O4S/c1-4-21(14(2)11-13-26(3,23)24)18(22)17-19-12-10-16(20-17)25-15-8-6-5-7-9-15/h5-14H,4H2,1-3H3/b13-11+/t14-/m0/s1. The molecule has 138 valence electrons. The summed E-state index contributed by atoms with van der Waals surface area (Å²) >= 11 is 0. The van der Waals surface area contributed by atoms with Crippen LogP contribution in [0.3, 0.4) is 0 Å². The van der Waals surface area contributed by atoms with Crippen LogP contribution in [0.25, 0.3) is 0 Å². The van der Waals surface area contributed by atoms with Gasteiger partial charge in [-0.05, 0) is 26.0 Å². The fourth-order valence-corrected chi connectivity index (χ4v) is 2.73. The molecule has 2 rings (SSSR count). The Hall–Kier alpha value is -2.74. The minimum absolute atomic E-state index is 0.0140. The van der Waals surface area contributed by atoms with E-state index in [1.807, 2.05) is 18.2 Å². The third-order valence-corrected chi connectivity index (χ3v) is 4.14. The van der Waals surface area contributed by atoms with E-state index < -0.39 is 21.8 Å². The third-order valence-electron chi connectivity index (χ3n) is 3.48. The molecule has 7 nitrogen and oxygen atoms in total. The van der Waals surface area contributed by atoms with Gasteiger partial charge in [-0.2, -0.15) is 4.98 Å². The predicted molar refractivity (Wildman–Crippen MR) is 98.7 cm³/mol. The maximum atomic E-state index is 12.7. The molecule has 0 aliphatic rings. The highest BCUT2D eigenvalue weighted by Gasteiger charge is 2.21. The van der Waals surface area contributed by atoms with E-state index >= 15 is 0 Å². The van der Waals surface area contributed by atoms with Crippen molar-refractivity contribution in [2.75, 3.05) is 12.8 Å². The molecule has 0 radical (unpaired) electrons. The molecule has 1 heterocycles. The second-order valence-electron chi connectivity index (χ2n) is 5.62. The molecule has 1 aromatic carbocycles. The van der Waals surface area contributed by atoms with Crippen LogP contribution in [0, 0.1) is 0 Å². The Morgan fingerprint density at radius 1 is 1.27 bits per heavy atom. The predicted octanol–water partition coefficient (Wildman–Crippen LogP) is 2.68. The summed E-state index contributed by atoms with van der Waals surface area (Å²) in [5.41, 5.74) is 0. The molecular weight excluding hydrogens is 354 g/mol. The lowest BCUT2D eigenvalue weighted by molar-refractivity contribution is 0.0721. The zero-order valence-electron chi connectivity index (χ0n) is 14.9. The van der Waals surface area contributed by atoms with Crippen LogP contribution in [0.1, 0.15) is 24.5 Å². The highest BCUT2D eigenvalue weighted by molar-refractivity contribution is 7.93. The van der Waals surface area contributed by atoms with Crippen molar-refractivity contribution in [3.8, 4) is 11.6 Å². The largest absolute Gasteiger partial charge is 0.439 e. The second kappa shape index (κ2) is 8.57. The second-order valence-corrected chi connectivity index (χ2v) is 7.55. The molecule has 0 fully saturated rings. The number of likely N-dealkylation sites (N-methyl/N-ethyl adjacent to an activating group) is 1. The van der Waals surface area contributed by atoms with E-state index in [-0.39, 0.29) is 11.7 Å². The molecular formula is C18H21N3O4S. The number of rotatable bonds is 7. The molecule has 0 spiro atoms. The van der Waals surface area contributed by atoms with Crippen molar-refractivity contribution < 1.29 is 17.9 Å². The van der Waals surface area contributed by atoms with Gasteiger partial charge in [-0.1, -0.05) is 24.3 Å². The van der Waals surface area contributed by atoms with Crippen LogP contribution in [0.4, 0.5) is 0 Å². The molecule has 0 saturated heterocycles. The van der Waals surface area contributed by atoms with Gasteiger partial charge in [0.1, 0.15) is 5.75 Å². The van der Waals surface area contributed by atoms with E-state index in [9.17, 15) is 13.2 Å². The number of hydrogen-bond donors (Lipinski definition) is 0. The lowest BCUT2D eigenvalue weighted by Crippen LogP contribution is -2.38. The molecule has 1 atom stereocenters. The van der Waals surface area contributed by atoms with Crippen LogP contribution in [0.2, 0.25) is 0 Å². The normalized spacial score (nSPS) is 12.7. The summed E-state index contributed by atoms with van der Waals surface area (Å²) in [6.07, 6.45) is 4.01. The van der Waals surface area contributed by atoms with Crippen molar-refractivity contribution in [2.45, 2.75) is 19.9 Å². The molecule has 1 amide bonds. The Kier molecular flexibility index (Phi) is 6.46. The van der Waals surface area contributed by atoms with Crippen molar-refractivity contribution >= 4 is 15.7 Å². The Balaban J connectivity index is 2.19. The average Bonchev–Trinajstić information content (AvgIpc) is 2.61. The summed E-state index contributed by atoms with van der Waals surface area (Å²) < 4.78 is 28.2. The van der Waals surface area contributed by atoms with E-state index in [1.165, 1.54) is 17.2 Å². The van der Waals surface area contributed by atoms with Gasteiger partial charge in [-0.25, -0.2) is 13.4 Å². The highest BCUT2D eigenvalue weighted by Crippen LogP contribution is 2.18. The molecule has 0 aliphatic heterocycles. The lowest BCUT2D eigenvalue weighted by Gasteiger charge is -2.25. The van der Waals surface area contributed by atoms with E-state index in [0.29, 0.717) is 12.3 Å². The minimum Gasteiger partial charge on any atom is -0.439 e. The number of nitrogens with zero attached hydrogens (tertiary/aromatic N) is 3. The van der Waals surface area contributed by atoms with E-state index in [1.54, 1.807) is 32.0 Å². The van der Waals surface area contributed by atoms with Crippen LogP contribution in [0.5, 0.6) is 11.6 Å². The van der Waals surface area contributed by atoms with Gasteiger partial charge in [-0.15, -0.1) is 0 Å². The monoisotopic (exact) mass is 375 g/mol. The molecule has 2 aromatic rings. The van der Waals surface area contributed by atoms with Crippen LogP contribution in [-0.2, 0) is 9.84 Å². The first kappa shape index (κ1) is 19.6. The number of ether oxygens (including phenoxy) is 1. The topological polar surface area (TPSA) is 89.5 Å². The van der Waals surface area contributed by atoms with Crippen molar-refractivity contribution in [1.29, 1.82) is 0 Å². The van der Waals surface area contributed by atoms with Crippen molar-refractivity contribution in [3.05, 3.63) is 59.9 Å². The number of para-hydroxylation sites is 1. The lowest BCUT2D eigenvalue weighted by atomic mass is 10.2. The van der Waals surface area contributed by atoms with Crippen molar-refractivity contribution in [2.24, 2.45) is 0 Å². The number of amides is 1. The smallest absolute Gasteiger partial charge is 0.292 e. The summed E-state index contributed by atoms with van der Waals surface area (Å²) in [5, 5.41) is 1.09. The summed E-state index contributed by atoms with van der Waals surface area (Å²) in [6, 6.07) is 10.2. The van der Waals surface area contributed by atoms with Crippen molar-refractivity contribution in [3.63, 3.8) is 0 Å². The molecule has 26 heavy (non-hydrogen) atoms. The fraction of sp³-hybridized carbons (Fsp3) is 0.278. The first-order valence-corrected chi connectivity index (χ1v) is 10.0. The number of sulfone groups is 1. The van der Waals surface area contributed by atoms with E-state index in [0.717, 1.165) is 11.7 Å². The molecule has 1 aromatic heterocycles. The molecule has 0 saturated carbocycles. The third kappa shape index (κ3) is 5.66. The van der Waals surface area contributed by atoms with Gasteiger partial charge in [0, 0.05) is 36.5 Å². The zero-order chi connectivity index (χ0) is 19.2. The van der Waals surface area contributed by atoms with Crippen LogP contribution in [0.15, 0.2) is 54.1 Å². The molecule has 0 N–H and O–H groups in total. The van der Waals surface area contributed by atoms with Gasteiger partial charge in [0.05, 0.1) is 0 Å². The average molecular weight is 375 g/mol. The fourth-order valence-electron chi connectivity index (χ4n) is 2.22. The Labute approximate surface area is 153 Å². The van der Waals surface area contributed by atoms with Gasteiger partial charge in [0.15, 0.2) is 9.84 Å². The Morgan fingerprint density at radius 3 is 2.58 bits per heavy atom. The molecule has 0 aliphatic carbocycles. The Morgan fingerprint density at radius 2 is 1.96 bits per heavy atom. The zero-order valence-corrected chi connectivity index (χ0v) is 15.7. The first-order valence-electron chi connectivity index (χ1n) is 8.05. The van der Waals surface area contributed by atoms with Crippen LogP contribution >= 0.6 is 0 Å². The maximum Gasteiger partial charge on any atom is 0.292 e. The summed E-state index contributed by atoms with van der Waals surface area (Å²) in [7, 11) is -3.26. The number of carbonyl (C=O) groups excluding carboxylic acids is 1. The first-order chi connectivity index (χ1) is 12.3. The summed E-state index contributed by atoms with van der Waals surface area (Å²) in [6.45, 7) is 3.90. The molecule has 0 bridgehead atoms. The van der Waals surface area contributed by atoms with Crippen LogP contribution < -0.4 is 4.74 Å². The van der Waals surface area contributed by atoms with Gasteiger partial charge in [0.25, 0.3) is 5.91 Å². The number of hydrogen-bond acceptors (Lipinski definition) is 6. The molecule has 8 heteroatoms. The SMILES string of the molecule is CCN(C(=O)c1nccc(Oc2ccccc2)n1)[C@@H](C)/C=C/S(C)(=O)=O. The quantitative estimate of drug-likeness (QED) is 0.739.